The molecule has 0 radical (unpaired) electrons. The van der Waals surface area contributed by atoms with Crippen LogP contribution in [-0.4, -0.2) is 18.6 Å². The van der Waals surface area contributed by atoms with Crippen LogP contribution in [0.1, 0.15) is 28.1 Å². The average molecular weight is 322 g/mol. The maximum atomic E-state index is 5.25. The average Bonchev–Trinajstić information content (AvgIpc) is 2.87. The van der Waals surface area contributed by atoms with E-state index in [2.05, 4.69) is 43.4 Å². The summed E-state index contributed by atoms with van der Waals surface area (Å²) in [5, 5.41) is 4.54. The van der Waals surface area contributed by atoms with Crippen LogP contribution in [0, 0.1) is 6.92 Å². The lowest BCUT2D eigenvalue weighted by Gasteiger charge is -2.02. The molecule has 0 aliphatic carbocycles. The van der Waals surface area contributed by atoms with Crippen LogP contribution in [0.4, 0.5) is 0 Å². The van der Waals surface area contributed by atoms with Gasteiger partial charge in [0.1, 0.15) is 5.01 Å². The predicted octanol–water partition coefficient (Wildman–Crippen LogP) is 4.00. The lowest BCUT2D eigenvalue weighted by molar-refractivity contribution is 0.181. The Bertz CT molecular complexity index is 569. The van der Waals surface area contributed by atoms with Gasteiger partial charge in [-0.3, -0.25) is 0 Å². The Morgan fingerprint density at radius 2 is 2.14 bits per heavy atom. The molecule has 1 N–H and O–H groups in total. The van der Waals surface area contributed by atoms with Gasteiger partial charge < -0.3 is 10.1 Å². The molecule has 1 heterocycles. The molecule has 0 saturated carbocycles. The SMILES string of the molecule is CCNCc1sc(CSc2ccccc2C)nc1COC. The summed E-state index contributed by atoms with van der Waals surface area (Å²) in [7, 11) is 1.72. The number of thioether (sulfide) groups is 1. The van der Waals surface area contributed by atoms with E-state index in [0.717, 1.165) is 24.5 Å². The highest BCUT2D eigenvalue weighted by atomic mass is 32.2. The van der Waals surface area contributed by atoms with Crippen molar-refractivity contribution in [2.45, 2.75) is 37.6 Å². The quantitative estimate of drug-likeness (QED) is 0.745. The van der Waals surface area contributed by atoms with Crippen LogP contribution in [0.25, 0.3) is 0 Å². The molecular weight excluding hydrogens is 300 g/mol. The molecule has 1 aromatic carbocycles. The van der Waals surface area contributed by atoms with Gasteiger partial charge in [0.2, 0.25) is 0 Å². The lowest BCUT2D eigenvalue weighted by Crippen LogP contribution is -2.12. The molecule has 5 heteroatoms. The molecule has 0 amide bonds. The first-order chi connectivity index (χ1) is 10.2. The van der Waals surface area contributed by atoms with Crippen LogP contribution in [-0.2, 0) is 23.6 Å². The number of nitrogens with zero attached hydrogens (tertiary/aromatic N) is 1. The fourth-order valence-electron chi connectivity index (χ4n) is 1.98. The summed E-state index contributed by atoms with van der Waals surface area (Å²) in [6.45, 7) is 6.70. The molecule has 2 rings (SSSR count). The molecule has 0 bridgehead atoms. The molecule has 0 unspecified atom stereocenters. The molecule has 0 saturated heterocycles. The van der Waals surface area contributed by atoms with E-state index < -0.39 is 0 Å². The number of methoxy groups -OCH3 is 1. The van der Waals surface area contributed by atoms with Crippen molar-refractivity contribution in [2.75, 3.05) is 13.7 Å². The van der Waals surface area contributed by atoms with Crippen LogP contribution in [0.2, 0.25) is 0 Å². The number of nitrogens with one attached hydrogen (secondary N) is 1. The highest BCUT2D eigenvalue weighted by Gasteiger charge is 2.11. The first-order valence-corrected chi connectivity index (χ1v) is 8.90. The van der Waals surface area contributed by atoms with Gasteiger partial charge in [0.15, 0.2) is 0 Å². The first kappa shape index (κ1) is 16.5. The Morgan fingerprint density at radius 3 is 2.86 bits per heavy atom. The predicted molar refractivity (Wildman–Crippen MR) is 90.9 cm³/mol. The smallest absolute Gasteiger partial charge is 0.104 e. The summed E-state index contributed by atoms with van der Waals surface area (Å²) in [4.78, 5) is 7.35. The molecule has 1 aromatic heterocycles. The number of thiazole rings is 1. The van der Waals surface area contributed by atoms with Gasteiger partial charge >= 0.3 is 0 Å². The van der Waals surface area contributed by atoms with Crippen LogP contribution in [0.3, 0.4) is 0 Å². The Balaban J connectivity index is 2.04. The van der Waals surface area contributed by atoms with Crippen molar-refractivity contribution >= 4 is 23.1 Å². The van der Waals surface area contributed by atoms with E-state index in [9.17, 15) is 0 Å². The molecule has 3 nitrogen and oxygen atoms in total. The summed E-state index contributed by atoms with van der Waals surface area (Å²) >= 11 is 3.64. The Labute approximate surface area is 135 Å². The zero-order valence-corrected chi connectivity index (χ0v) is 14.4. The van der Waals surface area contributed by atoms with Crippen molar-refractivity contribution < 1.29 is 4.74 Å². The number of aromatic nitrogens is 1. The molecule has 21 heavy (non-hydrogen) atoms. The molecule has 0 fully saturated rings. The second kappa shape index (κ2) is 8.54. The van der Waals surface area contributed by atoms with E-state index in [-0.39, 0.29) is 0 Å². The van der Waals surface area contributed by atoms with Gasteiger partial charge in [-0.1, -0.05) is 25.1 Å². The zero-order chi connectivity index (χ0) is 15.1. The second-order valence-electron chi connectivity index (χ2n) is 4.74. The second-order valence-corrected chi connectivity index (χ2v) is 6.93. The number of hydrogen-bond acceptors (Lipinski definition) is 5. The monoisotopic (exact) mass is 322 g/mol. The van der Waals surface area contributed by atoms with Crippen LogP contribution < -0.4 is 5.32 Å². The van der Waals surface area contributed by atoms with Crippen molar-refractivity contribution in [2.24, 2.45) is 0 Å². The van der Waals surface area contributed by atoms with Gasteiger partial charge in [0.05, 0.1) is 18.1 Å². The minimum Gasteiger partial charge on any atom is -0.378 e. The maximum Gasteiger partial charge on any atom is 0.104 e. The third kappa shape index (κ3) is 4.81. The van der Waals surface area contributed by atoms with Gasteiger partial charge in [0.25, 0.3) is 0 Å². The fourth-order valence-corrected chi connectivity index (χ4v) is 4.05. The normalized spacial score (nSPS) is 11.0. The molecule has 0 aliphatic heterocycles. The fraction of sp³-hybridized carbons (Fsp3) is 0.438. The Morgan fingerprint density at radius 1 is 1.33 bits per heavy atom. The maximum absolute atomic E-state index is 5.25. The summed E-state index contributed by atoms with van der Waals surface area (Å²) in [5.74, 6) is 0.915. The zero-order valence-electron chi connectivity index (χ0n) is 12.8. The Kier molecular flexibility index (Phi) is 6.70. The number of hydrogen-bond donors (Lipinski definition) is 1. The standard InChI is InChI=1S/C16H22N2OS2/c1-4-17-9-15-13(10-19-3)18-16(21-15)11-20-14-8-6-5-7-12(14)2/h5-8,17H,4,9-11H2,1-3H3. The topological polar surface area (TPSA) is 34.2 Å². The Hall–Kier alpha value is -0.880. The van der Waals surface area contributed by atoms with E-state index in [1.807, 2.05) is 11.8 Å². The lowest BCUT2D eigenvalue weighted by atomic mass is 10.2. The van der Waals surface area contributed by atoms with Crippen LogP contribution in [0.15, 0.2) is 29.2 Å². The molecule has 114 valence electrons. The number of ether oxygens (including phenoxy) is 1. The summed E-state index contributed by atoms with van der Waals surface area (Å²) < 4.78 is 5.25. The van der Waals surface area contributed by atoms with Crippen LogP contribution >= 0.6 is 23.1 Å². The van der Waals surface area contributed by atoms with Crippen molar-refractivity contribution in [3.8, 4) is 0 Å². The van der Waals surface area contributed by atoms with Crippen molar-refractivity contribution in [1.29, 1.82) is 0 Å². The van der Waals surface area contributed by atoms with E-state index in [1.54, 1.807) is 18.4 Å². The molecule has 2 aromatic rings. The van der Waals surface area contributed by atoms with E-state index in [4.69, 9.17) is 9.72 Å². The minimum atomic E-state index is 0.590. The largest absolute Gasteiger partial charge is 0.378 e. The van der Waals surface area contributed by atoms with Gasteiger partial charge in [-0.2, -0.15) is 0 Å². The third-order valence-electron chi connectivity index (χ3n) is 3.08. The minimum absolute atomic E-state index is 0.590. The number of rotatable bonds is 8. The van der Waals surface area contributed by atoms with E-state index >= 15 is 0 Å². The number of aryl methyl sites for hydroxylation is 1. The third-order valence-corrected chi connectivity index (χ3v) is 5.55. The first-order valence-electron chi connectivity index (χ1n) is 7.10. The molecule has 0 spiro atoms. The van der Waals surface area contributed by atoms with Gasteiger partial charge in [-0.15, -0.1) is 23.1 Å². The molecular formula is C16H22N2OS2. The molecule has 0 atom stereocenters. The van der Waals surface area contributed by atoms with Crippen molar-refractivity contribution in [1.82, 2.24) is 10.3 Å². The summed E-state index contributed by atoms with van der Waals surface area (Å²) in [5.41, 5.74) is 2.40. The van der Waals surface area contributed by atoms with E-state index in [0.29, 0.717) is 6.61 Å². The van der Waals surface area contributed by atoms with Gasteiger partial charge in [0, 0.05) is 23.4 Å². The van der Waals surface area contributed by atoms with Gasteiger partial charge in [-0.05, 0) is 25.1 Å². The van der Waals surface area contributed by atoms with E-state index in [1.165, 1.54) is 20.3 Å². The highest BCUT2D eigenvalue weighted by Crippen LogP contribution is 2.29. The summed E-state index contributed by atoms with van der Waals surface area (Å²) in [6, 6.07) is 8.48. The van der Waals surface area contributed by atoms with Crippen molar-refractivity contribution in [3.05, 3.63) is 45.4 Å². The van der Waals surface area contributed by atoms with Gasteiger partial charge in [-0.25, -0.2) is 4.98 Å². The van der Waals surface area contributed by atoms with Crippen LogP contribution in [0.5, 0.6) is 0 Å². The summed E-state index contributed by atoms with van der Waals surface area (Å²) in [6.07, 6.45) is 0. The number of benzene rings is 1. The molecule has 0 aliphatic rings. The van der Waals surface area contributed by atoms with Crippen molar-refractivity contribution in [3.63, 3.8) is 0 Å². The highest BCUT2D eigenvalue weighted by molar-refractivity contribution is 7.98.